The van der Waals surface area contributed by atoms with Crippen LogP contribution >= 0.6 is 22.9 Å². The minimum Gasteiger partial charge on any atom is -0.495 e. The van der Waals surface area contributed by atoms with Gasteiger partial charge in [0, 0.05) is 10.6 Å². The average Bonchev–Trinajstić information content (AvgIpc) is 3.16. The van der Waals surface area contributed by atoms with Crippen molar-refractivity contribution in [3.8, 4) is 5.75 Å². The van der Waals surface area contributed by atoms with Crippen LogP contribution in [-0.2, 0) is 0 Å². The van der Waals surface area contributed by atoms with Crippen LogP contribution in [-0.4, -0.2) is 18.8 Å². The van der Waals surface area contributed by atoms with Crippen molar-refractivity contribution in [3.05, 3.63) is 99.6 Å². The SMILES string of the molecule is COc1ccccc1NC(=O)c1c(Nc2ccccc2F)sc(C(=O)c2ccc(Cl)cc2)c1N. The second-order valence-corrected chi connectivity index (χ2v) is 8.60. The number of thiophene rings is 1. The standard InChI is InChI=1S/C25H19ClFN3O3S/c1-33-19-9-5-4-8-18(19)29-24(32)20-21(28)23(22(31)14-10-12-15(26)13-11-14)34-25(20)30-17-7-3-2-6-16(17)27/h2-13,30H,28H2,1H3,(H,29,32). The molecule has 1 heterocycles. The summed E-state index contributed by atoms with van der Waals surface area (Å²) in [6.07, 6.45) is 0. The Kier molecular flexibility index (Phi) is 6.81. The van der Waals surface area contributed by atoms with Gasteiger partial charge in [-0.15, -0.1) is 11.3 Å². The minimum atomic E-state index is -0.577. The Morgan fingerprint density at radius 2 is 1.62 bits per heavy atom. The predicted molar refractivity (Wildman–Crippen MR) is 134 cm³/mol. The maximum Gasteiger partial charge on any atom is 0.260 e. The maximum absolute atomic E-state index is 14.3. The zero-order valence-corrected chi connectivity index (χ0v) is 19.5. The first kappa shape index (κ1) is 23.3. The van der Waals surface area contributed by atoms with E-state index in [4.69, 9.17) is 22.1 Å². The highest BCUT2D eigenvalue weighted by molar-refractivity contribution is 7.19. The molecule has 4 N–H and O–H groups in total. The van der Waals surface area contributed by atoms with Crippen molar-refractivity contribution < 1.29 is 18.7 Å². The van der Waals surface area contributed by atoms with Crippen LogP contribution in [0.25, 0.3) is 0 Å². The number of carbonyl (C=O) groups is 2. The Morgan fingerprint density at radius 3 is 2.29 bits per heavy atom. The summed E-state index contributed by atoms with van der Waals surface area (Å²) in [4.78, 5) is 26.6. The fourth-order valence-corrected chi connectivity index (χ4v) is 4.49. The molecule has 6 nitrogen and oxygen atoms in total. The molecule has 1 amide bonds. The van der Waals surface area contributed by atoms with Crippen LogP contribution in [0.5, 0.6) is 5.75 Å². The van der Waals surface area contributed by atoms with Gasteiger partial charge in [-0.3, -0.25) is 9.59 Å². The second-order valence-electron chi connectivity index (χ2n) is 7.14. The zero-order chi connectivity index (χ0) is 24.2. The van der Waals surface area contributed by atoms with Gasteiger partial charge < -0.3 is 21.1 Å². The zero-order valence-electron chi connectivity index (χ0n) is 17.9. The number of para-hydroxylation sites is 3. The van der Waals surface area contributed by atoms with Crippen LogP contribution in [0.15, 0.2) is 72.8 Å². The first-order valence-electron chi connectivity index (χ1n) is 10.1. The lowest BCUT2D eigenvalue weighted by atomic mass is 10.1. The van der Waals surface area contributed by atoms with Crippen molar-refractivity contribution in [2.75, 3.05) is 23.5 Å². The molecular weight excluding hydrogens is 477 g/mol. The molecule has 0 unspecified atom stereocenters. The largest absolute Gasteiger partial charge is 0.495 e. The van der Waals surface area contributed by atoms with Gasteiger partial charge in [0.2, 0.25) is 5.78 Å². The molecule has 3 aromatic carbocycles. The number of ketones is 1. The number of halogens is 2. The summed E-state index contributed by atoms with van der Waals surface area (Å²) in [6.45, 7) is 0. The molecule has 0 spiro atoms. The molecule has 172 valence electrons. The number of carbonyl (C=O) groups excluding carboxylic acids is 2. The molecule has 0 saturated heterocycles. The Morgan fingerprint density at radius 1 is 0.971 bits per heavy atom. The van der Waals surface area contributed by atoms with Gasteiger partial charge in [-0.1, -0.05) is 35.9 Å². The third-order valence-corrected chi connectivity index (χ3v) is 6.33. The number of benzene rings is 3. The predicted octanol–water partition coefficient (Wildman–Crippen LogP) is 6.36. The lowest BCUT2D eigenvalue weighted by molar-refractivity contribution is 0.102. The third kappa shape index (κ3) is 4.73. The molecule has 4 rings (SSSR count). The number of methoxy groups -OCH3 is 1. The topological polar surface area (TPSA) is 93.5 Å². The van der Waals surface area contributed by atoms with E-state index < -0.39 is 11.7 Å². The number of nitrogen functional groups attached to an aromatic ring is 1. The molecule has 0 bridgehead atoms. The summed E-state index contributed by atoms with van der Waals surface area (Å²) in [5.41, 5.74) is 7.25. The number of ether oxygens (including phenoxy) is 1. The van der Waals surface area contributed by atoms with E-state index in [-0.39, 0.29) is 32.6 Å². The molecule has 0 aliphatic heterocycles. The van der Waals surface area contributed by atoms with Crippen molar-refractivity contribution in [3.63, 3.8) is 0 Å². The molecule has 4 aromatic rings. The summed E-state index contributed by atoms with van der Waals surface area (Å²) in [6, 6.07) is 19.2. The minimum absolute atomic E-state index is 0.0174. The normalized spacial score (nSPS) is 10.6. The van der Waals surface area contributed by atoms with Gasteiger partial charge in [-0.25, -0.2) is 4.39 Å². The number of hydrogen-bond acceptors (Lipinski definition) is 6. The van der Waals surface area contributed by atoms with Crippen LogP contribution < -0.4 is 21.1 Å². The van der Waals surface area contributed by atoms with Crippen molar-refractivity contribution in [1.29, 1.82) is 0 Å². The van der Waals surface area contributed by atoms with Gasteiger partial charge >= 0.3 is 0 Å². The highest BCUT2D eigenvalue weighted by Gasteiger charge is 2.27. The smallest absolute Gasteiger partial charge is 0.260 e. The van der Waals surface area contributed by atoms with Gasteiger partial charge in [0.15, 0.2) is 0 Å². The molecule has 1 aromatic heterocycles. The summed E-state index contributed by atoms with van der Waals surface area (Å²) in [7, 11) is 1.48. The van der Waals surface area contributed by atoms with Crippen molar-refractivity contribution in [2.45, 2.75) is 0 Å². The van der Waals surface area contributed by atoms with E-state index in [1.54, 1.807) is 60.7 Å². The van der Waals surface area contributed by atoms with Crippen molar-refractivity contribution in [1.82, 2.24) is 0 Å². The van der Waals surface area contributed by atoms with Gasteiger partial charge in [0.05, 0.1) is 29.7 Å². The molecule has 0 atom stereocenters. The van der Waals surface area contributed by atoms with E-state index in [9.17, 15) is 14.0 Å². The number of amides is 1. The van der Waals surface area contributed by atoms with E-state index in [1.807, 2.05) is 0 Å². The quantitative estimate of drug-likeness (QED) is 0.259. The van der Waals surface area contributed by atoms with Crippen LogP contribution in [0, 0.1) is 5.82 Å². The molecule has 0 fully saturated rings. The fourth-order valence-electron chi connectivity index (χ4n) is 3.28. The Labute approximate surface area is 204 Å². The maximum atomic E-state index is 14.3. The van der Waals surface area contributed by atoms with E-state index >= 15 is 0 Å². The molecular formula is C25H19ClFN3O3S. The molecule has 0 aliphatic rings. The van der Waals surface area contributed by atoms with Crippen LogP contribution in [0.1, 0.15) is 25.6 Å². The van der Waals surface area contributed by atoms with E-state index in [2.05, 4.69) is 10.6 Å². The first-order chi connectivity index (χ1) is 16.4. The van der Waals surface area contributed by atoms with Crippen LogP contribution in [0.4, 0.5) is 26.5 Å². The number of hydrogen-bond donors (Lipinski definition) is 3. The Hall–Kier alpha value is -3.88. The summed E-state index contributed by atoms with van der Waals surface area (Å²) in [5.74, 6) is -1.03. The highest BCUT2D eigenvalue weighted by Crippen LogP contribution is 2.40. The molecule has 0 saturated carbocycles. The van der Waals surface area contributed by atoms with Gasteiger partial charge in [-0.2, -0.15) is 0 Å². The summed E-state index contributed by atoms with van der Waals surface area (Å²) >= 11 is 6.90. The lowest BCUT2D eigenvalue weighted by Gasteiger charge is -2.12. The van der Waals surface area contributed by atoms with Gasteiger partial charge in [0.25, 0.3) is 5.91 Å². The van der Waals surface area contributed by atoms with Gasteiger partial charge in [-0.05, 0) is 48.5 Å². The molecule has 34 heavy (non-hydrogen) atoms. The lowest BCUT2D eigenvalue weighted by Crippen LogP contribution is -2.15. The number of rotatable bonds is 7. The number of nitrogens with one attached hydrogen (secondary N) is 2. The van der Waals surface area contributed by atoms with Crippen LogP contribution in [0.3, 0.4) is 0 Å². The molecule has 0 radical (unpaired) electrons. The Balaban J connectivity index is 1.78. The number of anilines is 4. The molecule has 0 aliphatic carbocycles. The van der Waals surface area contributed by atoms with Crippen molar-refractivity contribution in [2.24, 2.45) is 0 Å². The number of nitrogens with two attached hydrogens (primary N) is 1. The highest BCUT2D eigenvalue weighted by atomic mass is 35.5. The van der Waals surface area contributed by atoms with E-state index in [0.717, 1.165) is 11.3 Å². The van der Waals surface area contributed by atoms with Crippen LogP contribution in [0.2, 0.25) is 5.02 Å². The van der Waals surface area contributed by atoms with E-state index in [0.29, 0.717) is 22.0 Å². The first-order valence-corrected chi connectivity index (χ1v) is 11.3. The Bertz CT molecular complexity index is 1370. The second kappa shape index (κ2) is 9.94. The summed E-state index contributed by atoms with van der Waals surface area (Å²) in [5, 5.41) is 6.38. The average molecular weight is 496 g/mol. The monoisotopic (exact) mass is 495 g/mol. The third-order valence-electron chi connectivity index (χ3n) is 4.96. The van der Waals surface area contributed by atoms with Crippen molar-refractivity contribution >= 4 is 56.7 Å². The fraction of sp³-hybridized carbons (Fsp3) is 0.0400. The molecule has 9 heteroatoms. The summed E-state index contributed by atoms with van der Waals surface area (Å²) < 4.78 is 19.6. The van der Waals surface area contributed by atoms with E-state index in [1.165, 1.54) is 19.2 Å². The van der Waals surface area contributed by atoms with Gasteiger partial charge in [0.1, 0.15) is 21.4 Å².